The Morgan fingerprint density at radius 1 is 1.20 bits per heavy atom. The molecule has 2 aliphatic carbocycles. The van der Waals surface area contributed by atoms with E-state index in [1.165, 1.54) is 0 Å². The van der Waals surface area contributed by atoms with E-state index in [0.29, 0.717) is 18.4 Å². The molecule has 0 saturated carbocycles. The first-order valence-corrected chi connectivity index (χ1v) is 8.63. The molecule has 0 aliphatic heterocycles. The Morgan fingerprint density at radius 3 is 2.76 bits per heavy atom. The minimum Gasteiger partial charge on any atom is -0.496 e. The number of ketones is 1. The van der Waals surface area contributed by atoms with Gasteiger partial charge in [0.25, 0.3) is 0 Å². The van der Waals surface area contributed by atoms with Crippen LogP contribution in [-0.4, -0.2) is 28.7 Å². The van der Waals surface area contributed by atoms with Gasteiger partial charge in [0, 0.05) is 29.9 Å². The van der Waals surface area contributed by atoms with Gasteiger partial charge in [0.05, 0.1) is 18.8 Å². The highest BCUT2D eigenvalue weighted by molar-refractivity contribution is 5.99. The number of carbonyl (C=O) groups is 1. The number of methoxy groups -OCH3 is 1. The third-order valence-corrected chi connectivity index (χ3v) is 5.44. The summed E-state index contributed by atoms with van der Waals surface area (Å²) in [6.07, 6.45) is 0.695. The van der Waals surface area contributed by atoms with Gasteiger partial charge in [0.2, 0.25) is 0 Å². The number of carbonyl (C=O) groups excluding carboxylic acids is 1. The second kappa shape index (κ2) is 5.68. The van der Waals surface area contributed by atoms with Crippen molar-refractivity contribution in [3.05, 3.63) is 64.2 Å². The monoisotopic (exact) mass is 338 g/mol. The summed E-state index contributed by atoms with van der Waals surface area (Å²) >= 11 is 0. The minimum absolute atomic E-state index is 0.00156. The summed E-state index contributed by atoms with van der Waals surface area (Å²) in [4.78, 5) is 12.5. The smallest absolute Gasteiger partial charge is 0.166 e. The number of aliphatic hydroxyl groups is 2. The summed E-state index contributed by atoms with van der Waals surface area (Å²) < 4.78 is 5.51. The van der Waals surface area contributed by atoms with Gasteiger partial charge in [0.1, 0.15) is 5.75 Å². The molecule has 0 unspecified atom stereocenters. The van der Waals surface area contributed by atoms with Crippen LogP contribution in [0.1, 0.15) is 64.4 Å². The Hall–Kier alpha value is -2.17. The van der Waals surface area contributed by atoms with Crippen molar-refractivity contribution in [2.45, 2.75) is 43.8 Å². The Balaban J connectivity index is 1.79. The second-order valence-corrected chi connectivity index (χ2v) is 7.46. The van der Waals surface area contributed by atoms with Crippen molar-refractivity contribution in [2.24, 2.45) is 0 Å². The van der Waals surface area contributed by atoms with E-state index in [1.54, 1.807) is 14.0 Å². The van der Waals surface area contributed by atoms with Crippen molar-refractivity contribution in [1.82, 2.24) is 0 Å². The lowest BCUT2D eigenvalue weighted by Crippen LogP contribution is -2.35. The molecule has 0 spiro atoms. The predicted octanol–water partition coefficient (Wildman–Crippen LogP) is 3.14. The molecule has 3 atom stereocenters. The Labute approximate surface area is 147 Å². The lowest BCUT2D eigenvalue weighted by atomic mass is 9.79. The Bertz CT molecular complexity index is 853. The number of rotatable bonds is 2. The van der Waals surface area contributed by atoms with Crippen LogP contribution in [0.2, 0.25) is 0 Å². The summed E-state index contributed by atoms with van der Waals surface area (Å²) in [5.74, 6) is 0.750. The van der Waals surface area contributed by atoms with Gasteiger partial charge in [0.15, 0.2) is 5.78 Å². The maximum absolute atomic E-state index is 12.5. The molecule has 4 nitrogen and oxygen atoms in total. The van der Waals surface area contributed by atoms with Crippen LogP contribution in [0.5, 0.6) is 5.75 Å². The summed E-state index contributed by atoms with van der Waals surface area (Å²) in [6, 6.07) is 11.6. The van der Waals surface area contributed by atoms with E-state index in [1.807, 2.05) is 36.4 Å². The summed E-state index contributed by atoms with van der Waals surface area (Å²) in [6.45, 7) is 1.70. The first-order chi connectivity index (χ1) is 11.9. The number of benzene rings is 2. The maximum atomic E-state index is 12.5. The van der Waals surface area contributed by atoms with Gasteiger partial charge in [-0.25, -0.2) is 0 Å². The van der Waals surface area contributed by atoms with E-state index >= 15 is 0 Å². The number of hydrogen-bond donors (Lipinski definition) is 2. The van der Waals surface area contributed by atoms with Crippen molar-refractivity contribution in [1.29, 1.82) is 0 Å². The maximum Gasteiger partial charge on any atom is 0.166 e. The van der Waals surface area contributed by atoms with Gasteiger partial charge in [-0.1, -0.05) is 24.3 Å². The van der Waals surface area contributed by atoms with Crippen molar-refractivity contribution >= 4 is 5.78 Å². The van der Waals surface area contributed by atoms with E-state index in [0.717, 1.165) is 28.0 Å². The third kappa shape index (κ3) is 2.66. The van der Waals surface area contributed by atoms with Gasteiger partial charge < -0.3 is 14.9 Å². The standard InChI is InChI=1S/C21H22O4/c1-21(24)10-13-7-6-12(8-15(13)18(23)11-21)16-9-17(22)14-4-3-5-19(25-2)20(14)16/h3-8,16-17,22,24H,9-11H2,1-2H3/t16-,17-,21+/m0/s1. The topological polar surface area (TPSA) is 66.8 Å². The molecule has 0 fully saturated rings. The first-order valence-electron chi connectivity index (χ1n) is 8.63. The molecule has 2 N–H and O–H groups in total. The molecular formula is C21H22O4. The quantitative estimate of drug-likeness (QED) is 0.883. The highest BCUT2D eigenvalue weighted by Crippen LogP contribution is 2.48. The SMILES string of the molecule is COc1cccc2c1[C@H](c1ccc3c(c1)C(=O)C[C@](C)(O)C3)C[C@@H]2O. The van der Waals surface area contributed by atoms with Crippen LogP contribution >= 0.6 is 0 Å². The fourth-order valence-electron chi connectivity index (χ4n) is 4.31. The zero-order valence-corrected chi connectivity index (χ0v) is 14.5. The molecule has 4 heteroatoms. The molecular weight excluding hydrogens is 316 g/mol. The molecule has 2 aromatic carbocycles. The molecule has 0 heterocycles. The van der Waals surface area contributed by atoms with Crippen LogP contribution in [0.25, 0.3) is 0 Å². The van der Waals surface area contributed by atoms with Gasteiger partial charge >= 0.3 is 0 Å². The van der Waals surface area contributed by atoms with E-state index in [-0.39, 0.29) is 18.1 Å². The molecule has 2 aromatic rings. The molecule has 4 rings (SSSR count). The fraction of sp³-hybridized carbons (Fsp3) is 0.381. The fourth-order valence-corrected chi connectivity index (χ4v) is 4.31. The zero-order chi connectivity index (χ0) is 17.8. The number of fused-ring (bicyclic) bond motifs is 2. The number of aliphatic hydroxyl groups excluding tert-OH is 1. The molecule has 130 valence electrons. The lowest BCUT2D eigenvalue weighted by Gasteiger charge is -2.29. The molecule has 25 heavy (non-hydrogen) atoms. The molecule has 0 aromatic heterocycles. The van der Waals surface area contributed by atoms with Crippen molar-refractivity contribution < 1.29 is 19.7 Å². The lowest BCUT2D eigenvalue weighted by molar-refractivity contribution is 0.0411. The van der Waals surface area contributed by atoms with Gasteiger partial charge in [-0.2, -0.15) is 0 Å². The normalized spacial score (nSPS) is 27.8. The highest BCUT2D eigenvalue weighted by atomic mass is 16.5. The average molecular weight is 338 g/mol. The molecule has 0 saturated heterocycles. The molecule has 2 aliphatic rings. The van der Waals surface area contributed by atoms with Crippen LogP contribution in [0, 0.1) is 0 Å². The second-order valence-electron chi connectivity index (χ2n) is 7.46. The molecule has 0 bridgehead atoms. The molecule has 0 radical (unpaired) electrons. The van der Waals surface area contributed by atoms with Crippen molar-refractivity contribution in [3.8, 4) is 5.75 Å². The Morgan fingerprint density at radius 2 is 2.00 bits per heavy atom. The van der Waals surface area contributed by atoms with Crippen molar-refractivity contribution in [2.75, 3.05) is 7.11 Å². The van der Waals surface area contributed by atoms with Gasteiger partial charge in [-0.3, -0.25) is 4.79 Å². The number of hydrogen-bond acceptors (Lipinski definition) is 4. The highest BCUT2D eigenvalue weighted by Gasteiger charge is 2.36. The number of ether oxygens (including phenoxy) is 1. The van der Waals surface area contributed by atoms with Crippen LogP contribution in [0.4, 0.5) is 0 Å². The zero-order valence-electron chi connectivity index (χ0n) is 14.5. The van der Waals surface area contributed by atoms with Crippen LogP contribution < -0.4 is 4.74 Å². The van der Waals surface area contributed by atoms with E-state index in [2.05, 4.69) is 0 Å². The van der Waals surface area contributed by atoms with E-state index in [9.17, 15) is 15.0 Å². The van der Waals surface area contributed by atoms with Crippen LogP contribution in [-0.2, 0) is 6.42 Å². The Kier molecular flexibility index (Phi) is 3.71. The summed E-state index contributed by atoms with van der Waals surface area (Å²) in [5.41, 5.74) is 3.54. The van der Waals surface area contributed by atoms with Gasteiger partial charge in [-0.05, 0) is 42.2 Å². The summed E-state index contributed by atoms with van der Waals surface area (Å²) in [7, 11) is 1.63. The first kappa shape index (κ1) is 16.3. The predicted molar refractivity (Wildman–Crippen MR) is 94.1 cm³/mol. The van der Waals surface area contributed by atoms with Gasteiger partial charge in [-0.15, -0.1) is 0 Å². The minimum atomic E-state index is -0.967. The largest absolute Gasteiger partial charge is 0.496 e. The van der Waals surface area contributed by atoms with E-state index in [4.69, 9.17) is 4.74 Å². The third-order valence-electron chi connectivity index (χ3n) is 5.44. The van der Waals surface area contributed by atoms with Crippen molar-refractivity contribution in [3.63, 3.8) is 0 Å². The average Bonchev–Trinajstić information content (AvgIpc) is 2.91. The number of Topliss-reactive ketones (excluding diaryl/α,β-unsaturated/α-hetero) is 1. The van der Waals surface area contributed by atoms with E-state index < -0.39 is 11.7 Å². The van der Waals surface area contributed by atoms with Crippen LogP contribution in [0.15, 0.2) is 36.4 Å². The molecule has 0 amide bonds. The van der Waals surface area contributed by atoms with Crippen LogP contribution in [0.3, 0.4) is 0 Å². The summed E-state index contributed by atoms with van der Waals surface area (Å²) in [5, 5.41) is 20.7.